The summed E-state index contributed by atoms with van der Waals surface area (Å²) in [5.41, 5.74) is 9.32. The van der Waals surface area contributed by atoms with Gasteiger partial charge in [-0.15, -0.1) is 11.8 Å². The van der Waals surface area contributed by atoms with Gasteiger partial charge in [-0.05, 0) is 49.8 Å². The zero-order valence-corrected chi connectivity index (χ0v) is 15.3. The van der Waals surface area contributed by atoms with Crippen LogP contribution in [-0.4, -0.2) is 36.0 Å². The molecule has 6 heteroatoms. The van der Waals surface area contributed by atoms with Crippen molar-refractivity contribution in [3.8, 4) is 0 Å². The molecule has 2 N–H and O–H groups in total. The fourth-order valence-electron chi connectivity index (χ4n) is 3.18. The van der Waals surface area contributed by atoms with E-state index in [-0.39, 0.29) is 6.04 Å². The summed E-state index contributed by atoms with van der Waals surface area (Å²) in [5, 5.41) is 0. The summed E-state index contributed by atoms with van der Waals surface area (Å²) in [6.07, 6.45) is 3.07. The Bertz CT molecular complexity index is 702. The number of anilines is 2. The minimum absolute atomic E-state index is 0.136. The van der Waals surface area contributed by atoms with Crippen molar-refractivity contribution in [1.82, 2.24) is 9.97 Å². The molecule has 0 spiro atoms. The van der Waals surface area contributed by atoms with E-state index in [0.717, 1.165) is 31.1 Å². The molecule has 128 valence electrons. The number of benzene rings is 1. The van der Waals surface area contributed by atoms with E-state index in [0.29, 0.717) is 12.6 Å². The lowest BCUT2D eigenvalue weighted by atomic mass is 10.0. The van der Waals surface area contributed by atoms with Crippen LogP contribution < -0.4 is 10.6 Å². The van der Waals surface area contributed by atoms with Gasteiger partial charge in [-0.2, -0.15) is 4.98 Å². The number of hydrogen-bond donors (Lipinski definition) is 1. The Balaban J connectivity index is 2.01. The first-order valence-electron chi connectivity index (χ1n) is 8.18. The largest absolute Gasteiger partial charge is 0.379 e. The summed E-state index contributed by atoms with van der Waals surface area (Å²) in [5.74, 6) is 1.20. The van der Waals surface area contributed by atoms with Crippen LogP contribution in [0.2, 0.25) is 0 Å². The quantitative estimate of drug-likeness (QED) is 0.861. The van der Waals surface area contributed by atoms with E-state index >= 15 is 0 Å². The van der Waals surface area contributed by atoms with Crippen molar-refractivity contribution in [2.24, 2.45) is 0 Å². The maximum absolute atomic E-state index is 5.87. The number of hydrogen-bond acceptors (Lipinski definition) is 6. The summed E-state index contributed by atoms with van der Waals surface area (Å²) in [6.45, 7) is 6.43. The summed E-state index contributed by atoms with van der Waals surface area (Å²) < 4.78 is 5.86. The number of nitrogen functional groups attached to an aromatic ring is 1. The molecular weight excluding hydrogens is 320 g/mol. The minimum Gasteiger partial charge on any atom is -0.379 e. The average molecular weight is 344 g/mol. The van der Waals surface area contributed by atoms with Crippen LogP contribution in [-0.2, 0) is 4.74 Å². The van der Waals surface area contributed by atoms with Gasteiger partial charge in [0.2, 0.25) is 5.95 Å². The molecule has 3 rings (SSSR count). The van der Waals surface area contributed by atoms with Gasteiger partial charge in [-0.3, -0.25) is 0 Å². The highest BCUT2D eigenvalue weighted by Gasteiger charge is 2.26. The molecule has 0 aliphatic carbocycles. The third-order valence-electron chi connectivity index (χ3n) is 4.33. The van der Waals surface area contributed by atoms with Gasteiger partial charge >= 0.3 is 0 Å². The van der Waals surface area contributed by atoms with E-state index < -0.39 is 0 Å². The molecule has 1 aromatic heterocycles. The summed E-state index contributed by atoms with van der Waals surface area (Å²) in [4.78, 5) is 12.2. The fourth-order valence-corrected chi connectivity index (χ4v) is 3.68. The number of nitrogens with zero attached hydrogens (tertiary/aromatic N) is 3. The van der Waals surface area contributed by atoms with Gasteiger partial charge in [-0.25, -0.2) is 4.98 Å². The van der Waals surface area contributed by atoms with Crippen molar-refractivity contribution < 1.29 is 4.74 Å². The molecule has 0 radical (unpaired) electrons. The molecule has 1 aliphatic rings. The highest BCUT2D eigenvalue weighted by atomic mass is 32.2. The average Bonchev–Trinajstić information content (AvgIpc) is 2.79. The molecule has 0 saturated carbocycles. The predicted molar refractivity (Wildman–Crippen MR) is 99.7 cm³/mol. The van der Waals surface area contributed by atoms with Gasteiger partial charge in [0, 0.05) is 29.8 Å². The molecule has 24 heavy (non-hydrogen) atoms. The first-order chi connectivity index (χ1) is 11.6. The lowest BCUT2D eigenvalue weighted by Crippen LogP contribution is -2.32. The van der Waals surface area contributed by atoms with E-state index in [9.17, 15) is 0 Å². The van der Waals surface area contributed by atoms with Gasteiger partial charge in [0.1, 0.15) is 5.82 Å². The lowest BCUT2D eigenvalue weighted by molar-refractivity contribution is 0.134. The van der Waals surface area contributed by atoms with Crippen molar-refractivity contribution >= 4 is 23.5 Å². The Morgan fingerprint density at radius 3 is 2.79 bits per heavy atom. The molecule has 1 unspecified atom stereocenters. The van der Waals surface area contributed by atoms with Crippen molar-refractivity contribution in [2.45, 2.75) is 31.2 Å². The van der Waals surface area contributed by atoms with Crippen LogP contribution in [0, 0.1) is 13.8 Å². The second-order valence-electron chi connectivity index (χ2n) is 6.09. The fraction of sp³-hybridized carbons (Fsp3) is 0.444. The molecule has 0 bridgehead atoms. The van der Waals surface area contributed by atoms with Gasteiger partial charge in [0.05, 0.1) is 12.6 Å². The highest BCUT2D eigenvalue weighted by molar-refractivity contribution is 7.98. The number of ether oxygens (including phenoxy) is 1. The smallest absolute Gasteiger partial charge is 0.222 e. The second-order valence-corrected chi connectivity index (χ2v) is 6.97. The SMILES string of the molecule is CSc1ccc(C2COCCCN2c2cc(C)nc(N)n2)c(C)c1. The number of aryl methyl sites for hydroxylation is 2. The Kier molecular flexibility index (Phi) is 5.26. The topological polar surface area (TPSA) is 64.3 Å². The number of rotatable bonds is 3. The van der Waals surface area contributed by atoms with Crippen molar-refractivity contribution in [2.75, 3.05) is 36.6 Å². The van der Waals surface area contributed by atoms with Crippen molar-refractivity contribution in [3.63, 3.8) is 0 Å². The van der Waals surface area contributed by atoms with Crippen LogP contribution in [0.4, 0.5) is 11.8 Å². The Morgan fingerprint density at radius 1 is 1.25 bits per heavy atom. The molecule has 1 saturated heterocycles. The van der Waals surface area contributed by atoms with Crippen molar-refractivity contribution in [1.29, 1.82) is 0 Å². The van der Waals surface area contributed by atoms with E-state index in [4.69, 9.17) is 10.5 Å². The molecular formula is C18H24N4OS. The predicted octanol–water partition coefficient (Wildman–Crippen LogP) is 3.37. The van der Waals surface area contributed by atoms with Crippen LogP contribution in [0.15, 0.2) is 29.2 Å². The molecule has 1 aliphatic heterocycles. The standard InChI is InChI=1S/C18H24N4OS/c1-12-9-14(24-3)5-6-15(12)16-11-23-8-4-7-22(16)17-10-13(2)20-18(19)21-17/h5-6,9-10,16H,4,7-8,11H2,1-3H3,(H2,19,20,21). The first-order valence-corrected chi connectivity index (χ1v) is 9.41. The minimum atomic E-state index is 0.136. The van der Waals surface area contributed by atoms with E-state index in [1.807, 2.05) is 13.0 Å². The third kappa shape index (κ3) is 3.65. The third-order valence-corrected chi connectivity index (χ3v) is 5.05. The van der Waals surface area contributed by atoms with E-state index in [1.54, 1.807) is 11.8 Å². The number of aromatic nitrogens is 2. The van der Waals surface area contributed by atoms with Crippen LogP contribution in [0.1, 0.15) is 29.3 Å². The molecule has 2 heterocycles. The zero-order chi connectivity index (χ0) is 17.1. The number of thioether (sulfide) groups is 1. The molecule has 5 nitrogen and oxygen atoms in total. The van der Waals surface area contributed by atoms with Crippen molar-refractivity contribution in [3.05, 3.63) is 41.1 Å². The monoisotopic (exact) mass is 344 g/mol. The van der Waals surface area contributed by atoms with Crippen LogP contribution in [0.5, 0.6) is 0 Å². The Morgan fingerprint density at radius 2 is 2.08 bits per heavy atom. The summed E-state index contributed by atoms with van der Waals surface area (Å²) >= 11 is 1.76. The summed E-state index contributed by atoms with van der Waals surface area (Å²) in [6, 6.07) is 8.76. The van der Waals surface area contributed by atoms with E-state index in [2.05, 4.69) is 46.2 Å². The van der Waals surface area contributed by atoms with Gasteiger partial charge in [-0.1, -0.05) is 6.07 Å². The molecule has 1 fully saturated rings. The van der Waals surface area contributed by atoms with Gasteiger partial charge in [0.25, 0.3) is 0 Å². The highest BCUT2D eigenvalue weighted by Crippen LogP contribution is 2.32. The van der Waals surface area contributed by atoms with Gasteiger partial charge in [0.15, 0.2) is 0 Å². The maximum Gasteiger partial charge on any atom is 0.222 e. The zero-order valence-electron chi connectivity index (χ0n) is 14.5. The van der Waals surface area contributed by atoms with Gasteiger partial charge < -0.3 is 15.4 Å². The summed E-state index contributed by atoms with van der Waals surface area (Å²) in [7, 11) is 0. The van der Waals surface area contributed by atoms with E-state index in [1.165, 1.54) is 16.0 Å². The Labute approximate surface area is 147 Å². The maximum atomic E-state index is 5.87. The lowest BCUT2D eigenvalue weighted by Gasteiger charge is -2.32. The second kappa shape index (κ2) is 7.40. The molecule has 1 atom stereocenters. The van der Waals surface area contributed by atoms with Crippen LogP contribution >= 0.6 is 11.8 Å². The molecule has 1 aromatic carbocycles. The van der Waals surface area contributed by atoms with Crippen LogP contribution in [0.25, 0.3) is 0 Å². The molecule has 0 amide bonds. The molecule has 2 aromatic rings. The van der Waals surface area contributed by atoms with Crippen LogP contribution in [0.3, 0.4) is 0 Å². The normalized spacial score (nSPS) is 18.5. The Hall–Kier alpha value is -1.79. The number of nitrogens with two attached hydrogens (primary N) is 1. The first kappa shape index (κ1) is 17.0.